The summed E-state index contributed by atoms with van der Waals surface area (Å²) >= 11 is 0. The maximum Gasteiger partial charge on any atom is 0.326 e. The standard InChI is InChI=1S/C11H20N2O4/c1-12(6-4-8-17-2)11(16)13-7-3-5-9(13)10(14)15/h9H,3-8H2,1-2H3,(H,14,15)/t9-/m0/s1. The number of carbonyl (C=O) groups is 2. The lowest BCUT2D eigenvalue weighted by Gasteiger charge is -2.27. The quantitative estimate of drug-likeness (QED) is 0.720. The summed E-state index contributed by atoms with van der Waals surface area (Å²) in [6.07, 6.45) is 2.06. The Balaban J connectivity index is 2.47. The first-order valence-electron chi connectivity index (χ1n) is 5.81. The monoisotopic (exact) mass is 244 g/mol. The second kappa shape index (κ2) is 6.44. The molecule has 1 fully saturated rings. The zero-order chi connectivity index (χ0) is 12.8. The summed E-state index contributed by atoms with van der Waals surface area (Å²) in [5, 5.41) is 9.00. The molecule has 1 saturated heterocycles. The van der Waals surface area contributed by atoms with E-state index in [9.17, 15) is 9.59 Å². The number of carboxylic acid groups (broad SMARTS) is 1. The van der Waals surface area contributed by atoms with Gasteiger partial charge >= 0.3 is 12.0 Å². The van der Waals surface area contributed by atoms with Crippen LogP contribution in [-0.4, -0.2) is 66.8 Å². The molecule has 1 aliphatic rings. The van der Waals surface area contributed by atoms with Gasteiger partial charge in [-0.25, -0.2) is 9.59 Å². The van der Waals surface area contributed by atoms with E-state index in [2.05, 4.69) is 0 Å². The van der Waals surface area contributed by atoms with Gasteiger partial charge in [0.05, 0.1) is 0 Å². The third-order valence-electron chi connectivity index (χ3n) is 2.95. The Morgan fingerprint density at radius 3 is 2.82 bits per heavy atom. The summed E-state index contributed by atoms with van der Waals surface area (Å²) in [7, 11) is 3.30. The van der Waals surface area contributed by atoms with Crippen LogP contribution in [0.4, 0.5) is 4.79 Å². The highest BCUT2D eigenvalue weighted by Crippen LogP contribution is 2.18. The van der Waals surface area contributed by atoms with E-state index < -0.39 is 12.0 Å². The molecule has 0 unspecified atom stereocenters. The number of carboxylic acids is 1. The van der Waals surface area contributed by atoms with Crippen molar-refractivity contribution in [1.82, 2.24) is 9.80 Å². The third kappa shape index (κ3) is 3.59. The highest BCUT2D eigenvalue weighted by Gasteiger charge is 2.35. The minimum absolute atomic E-state index is 0.203. The van der Waals surface area contributed by atoms with Gasteiger partial charge in [-0.15, -0.1) is 0 Å². The lowest BCUT2D eigenvalue weighted by Crippen LogP contribution is -2.47. The average molecular weight is 244 g/mol. The van der Waals surface area contributed by atoms with E-state index in [0.717, 1.165) is 12.8 Å². The number of rotatable bonds is 5. The predicted molar refractivity (Wildman–Crippen MR) is 61.9 cm³/mol. The number of aliphatic carboxylic acids is 1. The normalized spacial score (nSPS) is 19.4. The molecule has 0 saturated carbocycles. The predicted octanol–water partition coefficient (Wildman–Crippen LogP) is 0.624. The summed E-state index contributed by atoms with van der Waals surface area (Å²) in [6.45, 7) is 1.71. The summed E-state index contributed by atoms with van der Waals surface area (Å²) in [4.78, 5) is 26.0. The zero-order valence-corrected chi connectivity index (χ0v) is 10.4. The molecule has 0 aliphatic carbocycles. The summed E-state index contributed by atoms with van der Waals surface area (Å²) in [5.41, 5.74) is 0. The number of ether oxygens (including phenoxy) is 1. The van der Waals surface area contributed by atoms with Gasteiger partial charge in [-0.2, -0.15) is 0 Å². The first-order valence-corrected chi connectivity index (χ1v) is 5.81. The van der Waals surface area contributed by atoms with Gasteiger partial charge in [-0.05, 0) is 19.3 Å². The van der Waals surface area contributed by atoms with E-state index in [1.54, 1.807) is 19.1 Å². The zero-order valence-electron chi connectivity index (χ0n) is 10.4. The Morgan fingerprint density at radius 1 is 1.53 bits per heavy atom. The van der Waals surface area contributed by atoms with Crippen LogP contribution in [0.2, 0.25) is 0 Å². The lowest BCUT2D eigenvalue weighted by atomic mass is 10.2. The second-order valence-electron chi connectivity index (χ2n) is 4.24. The maximum atomic E-state index is 12.0. The van der Waals surface area contributed by atoms with Gasteiger partial charge in [0.2, 0.25) is 0 Å². The number of carbonyl (C=O) groups excluding carboxylic acids is 1. The molecule has 1 aliphatic heterocycles. The van der Waals surface area contributed by atoms with Gasteiger partial charge < -0.3 is 19.6 Å². The fourth-order valence-electron chi connectivity index (χ4n) is 2.01. The van der Waals surface area contributed by atoms with E-state index in [4.69, 9.17) is 9.84 Å². The summed E-state index contributed by atoms with van der Waals surface area (Å²) in [5.74, 6) is -0.916. The first-order chi connectivity index (χ1) is 8.07. The molecule has 0 aromatic carbocycles. The highest BCUT2D eigenvalue weighted by molar-refractivity contribution is 5.83. The lowest BCUT2D eigenvalue weighted by molar-refractivity contribution is -0.141. The minimum Gasteiger partial charge on any atom is -0.480 e. The van der Waals surface area contributed by atoms with Crippen molar-refractivity contribution in [2.75, 3.05) is 33.9 Å². The van der Waals surface area contributed by atoms with Crippen LogP contribution in [-0.2, 0) is 9.53 Å². The SMILES string of the molecule is COCCCN(C)C(=O)N1CCC[C@H]1C(=O)O. The van der Waals surface area contributed by atoms with Crippen molar-refractivity contribution in [3.8, 4) is 0 Å². The van der Waals surface area contributed by atoms with Crippen LogP contribution in [0.25, 0.3) is 0 Å². The minimum atomic E-state index is -0.916. The Morgan fingerprint density at radius 2 is 2.24 bits per heavy atom. The van der Waals surface area contributed by atoms with Crippen molar-refractivity contribution >= 4 is 12.0 Å². The Kier molecular flexibility index (Phi) is 5.21. The van der Waals surface area contributed by atoms with Gasteiger partial charge in [0.15, 0.2) is 0 Å². The molecular formula is C11H20N2O4. The summed E-state index contributed by atoms with van der Waals surface area (Å²) < 4.78 is 4.91. The highest BCUT2D eigenvalue weighted by atomic mass is 16.5. The Labute approximate surface area is 101 Å². The third-order valence-corrected chi connectivity index (χ3v) is 2.95. The Hall–Kier alpha value is -1.30. The van der Waals surface area contributed by atoms with Crippen LogP contribution >= 0.6 is 0 Å². The van der Waals surface area contributed by atoms with E-state index >= 15 is 0 Å². The molecule has 0 radical (unpaired) electrons. The maximum absolute atomic E-state index is 12.0. The molecule has 0 aromatic rings. The van der Waals surface area contributed by atoms with E-state index in [1.165, 1.54) is 4.90 Å². The number of amides is 2. The molecule has 17 heavy (non-hydrogen) atoms. The molecule has 6 nitrogen and oxygen atoms in total. The van der Waals surface area contributed by atoms with Crippen molar-refractivity contribution in [3.63, 3.8) is 0 Å². The van der Waals surface area contributed by atoms with Crippen LogP contribution in [0, 0.1) is 0 Å². The molecule has 1 atom stereocenters. The molecule has 2 amide bonds. The smallest absolute Gasteiger partial charge is 0.326 e. The van der Waals surface area contributed by atoms with Crippen molar-refractivity contribution in [2.45, 2.75) is 25.3 Å². The van der Waals surface area contributed by atoms with E-state index in [0.29, 0.717) is 26.1 Å². The van der Waals surface area contributed by atoms with Gasteiger partial charge in [-0.3, -0.25) is 0 Å². The molecule has 6 heteroatoms. The van der Waals surface area contributed by atoms with E-state index in [1.807, 2.05) is 0 Å². The first kappa shape index (κ1) is 13.8. The van der Waals surface area contributed by atoms with E-state index in [-0.39, 0.29) is 6.03 Å². The number of methoxy groups -OCH3 is 1. The van der Waals surface area contributed by atoms with Crippen LogP contribution in [0.3, 0.4) is 0 Å². The average Bonchev–Trinajstić information content (AvgIpc) is 2.77. The number of urea groups is 1. The number of hydrogen-bond donors (Lipinski definition) is 1. The largest absolute Gasteiger partial charge is 0.480 e. The van der Waals surface area contributed by atoms with Crippen molar-refractivity contribution in [1.29, 1.82) is 0 Å². The van der Waals surface area contributed by atoms with Crippen molar-refractivity contribution in [3.05, 3.63) is 0 Å². The fraction of sp³-hybridized carbons (Fsp3) is 0.818. The van der Waals surface area contributed by atoms with Crippen LogP contribution in [0.1, 0.15) is 19.3 Å². The van der Waals surface area contributed by atoms with Crippen LogP contribution < -0.4 is 0 Å². The molecule has 98 valence electrons. The van der Waals surface area contributed by atoms with Crippen molar-refractivity contribution in [2.24, 2.45) is 0 Å². The molecule has 1 rings (SSSR count). The summed E-state index contributed by atoms with van der Waals surface area (Å²) in [6, 6.07) is -0.863. The molecule has 0 aromatic heterocycles. The van der Waals surface area contributed by atoms with Crippen molar-refractivity contribution < 1.29 is 19.4 Å². The molecule has 0 spiro atoms. The van der Waals surface area contributed by atoms with Gasteiger partial charge in [-0.1, -0.05) is 0 Å². The fourth-order valence-corrected chi connectivity index (χ4v) is 2.01. The number of nitrogens with zero attached hydrogens (tertiary/aromatic N) is 2. The van der Waals surface area contributed by atoms with Crippen LogP contribution in [0.5, 0.6) is 0 Å². The molecule has 1 N–H and O–H groups in total. The van der Waals surface area contributed by atoms with Crippen LogP contribution in [0.15, 0.2) is 0 Å². The van der Waals surface area contributed by atoms with Gasteiger partial charge in [0.25, 0.3) is 0 Å². The molecule has 1 heterocycles. The van der Waals surface area contributed by atoms with Gasteiger partial charge in [0.1, 0.15) is 6.04 Å². The topological polar surface area (TPSA) is 70.1 Å². The van der Waals surface area contributed by atoms with Gasteiger partial charge in [0, 0.05) is 33.9 Å². The molecular weight excluding hydrogens is 224 g/mol. The number of hydrogen-bond acceptors (Lipinski definition) is 3. The Bertz CT molecular complexity index is 283. The molecule has 0 bridgehead atoms. The second-order valence-corrected chi connectivity index (χ2v) is 4.24. The number of likely N-dealkylation sites (tertiary alicyclic amines) is 1.